The van der Waals surface area contributed by atoms with E-state index in [9.17, 15) is 4.79 Å². The van der Waals surface area contributed by atoms with Gasteiger partial charge in [-0.25, -0.2) is 10.3 Å². The van der Waals surface area contributed by atoms with Gasteiger partial charge >= 0.3 is 6.03 Å². The van der Waals surface area contributed by atoms with Crippen molar-refractivity contribution in [1.29, 1.82) is 0 Å². The third-order valence-corrected chi connectivity index (χ3v) is 2.78. The van der Waals surface area contributed by atoms with Gasteiger partial charge in [0.15, 0.2) is 0 Å². The van der Waals surface area contributed by atoms with Crippen LogP contribution in [0.5, 0.6) is 0 Å². The number of urea groups is 1. The van der Waals surface area contributed by atoms with Crippen molar-refractivity contribution in [3.05, 3.63) is 0 Å². The van der Waals surface area contributed by atoms with Crippen LogP contribution in [0.3, 0.4) is 0 Å². The fourth-order valence-corrected chi connectivity index (χ4v) is 1.70. The molecule has 1 aliphatic heterocycles. The molecule has 0 aromatic heterocycles. The van der Waals surface area contributed by atoms with Crippen LogP contribution in [-0.4, -0.2) is 53.7 Å². The molecule has 1 N–H and O–H groups in total. The molecule has 1 fully saturated rings. The molecule has 0 aliphatic carbocycles. The molecule has 0 radical (unpaired) electrons. The second-order valence-electron chi connectivity index (χ2n) is 5.74. The number of hydrogen-bond donors (Lipinski definition) is 1. The van der Waals surface area contributed by atoms with Crippen molar-refractivity contribution >= 4 is 6.03 Å². The Kier molecular flexibility index (Phi) is 4.77. The summed E-state index contributed by atoms with van der Waals surface area (Å²) in [5.41, 5.74) is 2.15. The zero-order chi connectivity index (χ0) is 13.1. The van der Waals surface area contributed by atoms with Crippen molar-refractivity contribution in [2.45, 2.75) is 46.3 Å². The van der Waals surface area contributed by atoms with E-state index in [-0.39, 0.29) is 11.6 Å². The van der Waals surface area contributed by atoms with Gasteiger partial charge in [0.2, 0.25) is 0 Å². The molecule has 100 valence electrons. The Morgan fingerprint density at radius 3 is 2.12 bits per heavy atom. The number of hydroxylamine groups is 1. The molecule has 0 saturated carbocycles. The van der Waals surface area contributed by atoms with Gasteiger partial charge in [-0.05, 0) is 34.6 Å². The first-order valence-electron chi connectivity index (χ1n) is 6.26. The summed E-state index contributed by atoms with van der Waals surface area (Å²) in [6, 6.07) is 0.411. The fourth-order valence-electron chi connectivity index (χ4n) is 1.70. The maximum absolute atomic E-state index is 11.8. The van der Waals surface area contributed by atoms with Crippen molar-refractivity contribution in [3.8, 4) is 0 Å². The fraction of sp³-hybridized carbons (Fsp3) is 0.917. The number of carbonyl (C=O) groups is 1. The molecule has 0 unspecified atom stereocenters. The highest BCUT2D eigenvalue weighted by Gasteiger charge is 2.23. The molecule has 0 aromatic rings. The Balaban J connectivity index is 2.31. The Bertz CT molecular complexity index is 253. The predicted molar refractivity (Wildman–Crippen MR) is 67.7 cm³/mol. The Hall–Kier alpha value is -0.810. The number of hydrogen-bond acceptors (Lipinski definition) is 3. The summed E-state index contributed by atoms with van der Waals surface area (Å²) in [5, 5.41) is 0. The molecule has 0 atom stereocenters. The van der Waals surface area contributed by atoms with E-state index in [1.165, 1.54) is 0 Å². The summed E-state index contributed by atoms with van der Waals surface area (Å²) in [6.07, 6.45) is 0. The SMILES string of the molecule is CC(C)N1CCN(C(=O)NOC(C)(C)C)CC1. The monoisotopic (exact) mass is 243 g/mol. The van der Waals surface area contributed by atoms with Gasteiger partial charge in [0.25, 0.3) is 0 Å². The maximum Gasteiger partial charge on any atom is 0.341 e. The standard InChI is InChI=1S/C12H25N3O2/c1-10(2)14-6-8-15(9-7-14)11(16)13-17-12(3,4)5/h10H,6-9H2,1-5H3,(H,13,16). The molecule has 5 nitrogen and oxygen atoms in total. The molecule has 1 rings (SSSR count). The minimum Gasteiger partial charge on any atom is -0.320 e. The van der Waals surface area contributed by atoms with E-state index in [1.807, 2.05) is 20.8 Å². The summed E-state index contributed by atoms with van der Waals surface area (Å²) in [7, 11) is 0. The van der Waals surface area contributed by atoms with Gasteiger partial charge in [0.05, 0.1) is 5.60 Å². The molecule has 0 bridgehead atoms. The average molecular weight is 243 g/mol. The number of amides is 2. The lowest BCUT2D eigenvalue weighted by Crippen LogP contribution is -2.53. The summed E-state index contributed by atoms with van der Waals surface area (Å²) in [5.74, 6) is 0. The van der Waals surface area contributed by atoms with E-state index >= 15 is 0 Å². The van der Waals surface area contributed by atoms with Gasteiger partial charge in [-0.1, -0.05) is 0 Å². The summed E-state index contributed by atoms with van der Waals surface area (Å²) < 4.78 is 0. The van der Waals surface area contributed by atoms with Crippen LogP contribution in [0.2, 0.25) is 0 Å². The number of nitrogens with zero attached hydrogens (tertiary/aromatic N) is 2. The van der Waals surface area contributed by atoms with Crippen LogP contribution < -0.4 is 5.48 Å². The molecular weight excluding hydrogens is 218 g/mol. The number of nitrogens with one attached hydrogen (secondary N) is 1. The van der Waals surface area contributed by atoms with Crippen molar-refractivity contribution in [2.24, 2.45) is 0 Å². The Morgan fingerprint density at radius 2 is 1.71 bits per heavy atom. The lowest BCUT2D eigenvalue weighted by molar-refractivity contribution is -0.0601. The highest BCUT2D eigenvalue weighted by atomic mass is 16.7. The van der Waals surface area contributed by atoms with Gasteiger partial charge in [-0.3, -0.25) is 9.74 Å². The molecule has 1 saturated heterocycles. The van der Waals surface area contributed by atoms with Crippen LogP contribution in [0.25, 0.3) is 0 Å². The summed E-state index contributed by atoms with van der Waals surface area (Å²) in [6.45, 7) is 13.5. The zero-order valence-electron chi connectivity index (χ0n) is 11.6. The van der Waals surface area contributed by atoms with E-state index in [0.717, 1.165) is 26.2 Å². The van der Waals surface area contributed by atoms with Crippen molar-refractivity contribution < 1.29 is 9.63 Å². The van der Waals surface area contributed by atoms with Crippen LogP contribution in [0.1, 0.15) is 34.6 Å². The lowest BCUT2D eigenvalue weighted by atomic mass is 10.2. The molecule has 2 amide bonds. The van der Waals surface area contributed by atoms with Gasteiger partial charge in [-0.2, -0.15) is 0 Å². The highest BCUT2D eigenvalue weighted by molar-refractivity contribution is 5.73. The first kappa shape index (κ1) is 14.3. The topological polar surface area (TPSA) is 44.8 Å². The number of carbonyl (C=O) groups excluding carboxylic acids is 1. The van der Waals surface area contributed by atoms with E-state index in [4.69, 9.17) is 4.84 Å². The number of piperazine rings is 1. The van der Waals surface area contributed by atoms with Gasteiger partial charge < -0.3 is 4.90 Å². The normalized spacial score (nSPS) is 18.6. The Labute approximate surface area is 104 Å². The van der Waals surface area contributed by atoms with Crippen LogP contribution in [0.15, 0.2) is 0 Å². The van der Waals surface area contributed by atoms with Gasteiger partial charge in [0.1, 0.15) is 0 Å². The smallest absolute Gasteiger partial charge is 0.320 e. The van der Waals surface area contributed by atoms with Crippen LogP contribution in [0.4, 0.5) is 4.79 Å². The molecular formula is C12H25N3O2. The summed E-state index contributed by atoms with van der Waals surface area (Å²) in [4.78, 5) is 21.2. The quantitative estimate of drug-likeness (QED) is 0.747. The second-order valence-corrected chi connectivity index (χ2v) is 5.74. The van der Waals surface area contributed by atoms with Gasteiger partial charge in [-0.15, -0.1) is 0 Å². The van der Waals surface area contributed by atoms with Gasteiger partial charge in [0, 0.05) is 32.2 Å². The average Bonchev–Trinajstić information content (AvgIpc) is 2.25. The molecule has 1 heterocycles. The number of rotatable bonds is 2. The third kappa shape index (κ3) is 4.91. The van der Waals surface area contributed by atoms with E-state index in [0.29, 0.717) is 6.04 Å². The lowest BCUT2D eigenvalue weighted by Gasteiger charge is -2.37. The van der Waals surface area contributed by atoms with Crippen LogP contribution in [0, 0.1) is 0 Å². The van der Waals surface area contributed by atoms with Crippen molar-refractivity contribution in [2.75, 3.05) is 26.2 Å². The first-order chi connectivity index (χ1) is 7.79. The maximum atomic E-state index is 11.8. The highest BCUT2D eigenvalue weighted by Crippen LogP contribution is 2.07. The predicted octanol–water partition coefficient (Wildman–Crippen LogP) is 1.45. The van der Waals surface area contributed by atoms with E-state index < -0.39 is 0 Å². The Morgan fingerprint density at radius 1 is 1.18 bits per heavy atom. The van der Waals surface area contributed by atoms with Crippen LogP contribution >= 0.6 is 0 Å². The molecule has 5 heteroatoms. The molecule has 1 aliphatic rings. The minimum absolute atomic E-state index is 0.136. The first-order valence-corrected chi connectivity index (χ1v) is 6.26. The van der Waals surface area contributed by atoms with E-state index in [1.54, 1.807) is 4.90 Å². The molecule has 17 heavy (non-hydrogen) atoms. The molecule has 0 aromatic carbocycles. The molecule has 0 spiro atoms. The second kappa shape index (κ2) is 5.69. The van der Waals surface area contributed by atoms with Crippen molar-refractivity contribution in [3.63, 3.8) is 0 Å². The largest absolute Gasteiger partial charge is 0.341 e. The third-order valence-electron chi connectivity index (χ3n) is 2.78. The van der Waals surface area contributed by atoms with Crippen LogP contribution in [-0.2, 0) is 4.84 Å². The minimum atomic E-state index is -0.352. The van der Waals surface area contributed by atoms with E-state index in [2.05, 4.69) is 24.2 Å². The summed E-state index contributed by atoms with van der Waals surface area (Å²) >= 11 is 0. The van der Waals surface area contributed by atoms with Crippen molar-refractivity contribution in [1.82, 2.24) is 15.3 Å². The zero-order valence-corrected chi connectivity index (χ0v) is 11.6.